The van der Waals surface area contributed by atoms with E-state index in [0.717, 1.165) is 24.2 Å². The minimum atomic E-state index is 0.317. The third-order valence-corrected chi connectivity index (χ3v) is 3.36. The molecule has 0 aliphatic rings. The van der Waals surface area contributed by atoms with E-state index in [1.54, 1.807) is 6.07 Å². The van der Waals surface area contributed by atoms with E-state index in [4.69, 9.17) is 39.4 Å². The van der Waals surface area contributed by atoms with E-state index in [9.17, 15) is 0 Å². The van der Waals surface area contributed by atoms with Gasteiger partial charge in [0, 0.05) is 5.02 Å². The minimum Gasteiger partial charge on any atom is -0.492 e. The third kappa shape index (κ3) is 4.32. The van der Waals surface area contributed by atoms with Crippen LogP contribution in [0.15, 0.2) is 12.1 Å². The Morgan fingerprint density at radius 1 is 1.22 bits per heavy atom. The Morgan fingerprint density at radius 3 is 2.44 bits per heavy atom. The summed E-state index contributed by atoms with van der Waals surface area (Å²) in [6, 6.07) is 3.59. The van der Waals surface area contributed by atoms with Gasteiger partial charge in [-0.25, -0.2) is 0 Å². The maximum absolute atomic E-state index is 6.14. The highest BCUT2D eigenvalue weighted by molar-refractivity contribution is 6.35. The summed E-state index contributed by atoms with van der Waals surface area (Å²) >= 11 is 12.2. The predicted molar refractivity (Wildman–Crippen MR) is 77.6 cm³/mol. The molecule has 0 unspecified atom stereocenters. The van der Waals surface area contributed by atoms with Gasteiger partial charge >= 0.3 is 0 Å². The van der Waals surface area contributed by atoms with Crippen LogP contribution < -0.4 is 16.2 Å². The second-order valence-corrected chi connectivity index (χ2v) is 5.03. The first-order valence-corrected chi connectivity index (χ1v) is 6.88. The molecule has 0 bridgehead atoms. The van der Waals surface area contributed by atoms with Crippen molar-refractivity contribution in [1.82, 2.24) is 0 Å². The molecular weight excluding hydrogens is 271 g/mol. The zero-order chi connectivity index (χ0) is 13.5. The number of ether oxygens (including phenoxy) is 1. The lowest BCUT2D eigenvalue weighted by atomic mass is 9.99. The fourth-order valence-corrected chi connectivity index (χ4v) is 2.39. The van der Waals surface area contributed by atoms with E-state index in [1.807, 2.05) is 13.0 Å². The van der Waals surface area contributed by atoms with Gasteiger partial charge in [0.05, 0.1) is 11.6 Å². The Labute approximate surface area is 118 Å². The molecule has 5 heteroatoms. The van der Waals surface area contributed by atoms with E-state index in [0.29, 0.717) is 35.7 Å². The summed E-state index contributed by atoms with van der Waals surface area (Å²) in [6.45, 7) is 3.69. The average molecular weight is 291 g/mol. The molecule has 102 valence electrons. The lowest BCUT2D eigenvalue weighted by molar-refractivity contribution is 0.335. The maximum Gasteiger partial charge on any atom is 0.141 e. The van der Waals surface area contributed by atoms with Gasteiger partial charge in [0.25, 0.3) is 0 Å². The van der Waals surface area contributed by atoms with E-state index in [1.165, 1.54) is 0 Å². The smallest absolute Gasteiger partial charge is 0.141 e. The van der Waals surface area contributed by atoms with Crippen LogP contribution in [0.25, 0.3) is 0 Å². The number of rotatable bonds is 7. The molecule has 3 nitrogen and oxygen atoms in total. The highest BCUT2D eigenvalue weighted by Crippen LogP contribution is 2.33. The summed E-state index contributed by atoms with van der Waals surface area (Å²) in [6.07, 6.45) is 1.72. The van der Waals surface area contributed by atoms with Gasteiger partial charge in [0.2, 0.25) is 0 Å². The van der Waals surface area contributed by atoms with Gasteiger partial charge in [-0.05, 0) is 56.5 Å². The van der Waals surface area contributed by atoms with Crippen LogP contribution in [-0.4, -0.2) is 19.7 Å². The van der Waals surface area contributed by atoms with E-state index >= 15 is 0 Å². The van der Waals surface area contributed by atoms with Gasteiger partial charge in [0.15, 0.2) is 0 Å². The molecular formula is C13H20Cl2N2O. The lowest BCUT2D eigenvalue weighted by Crippen LogP contribution is -2.23. The van der Waals surface area contributed by atoms with Gasteiger partial charge in [-0.3, -0.25) is 0 Å². The van der Waals surface area contributed by atoms with Gasteiger partial charge in [0.1, 0.15) is 5.75 Å². The highest BCUT2D eigenvalue weighted by atomic mass is 35.5. The number of halogens is 2. The van der Waals surface area contributed by atoms with Crippen LogP contribution >= 0.6 is 23.2 Å². The van der Waals surface area contributed by atoms with Crippen LogP contribution in [0.4, 0.5) is 0 Å². The van der Waals surface area contributed by atoms with Gasteiger partial charge in [-0.1, -0.05) is 23.2 Å². The van der Waals surface area contributed by atoms with Crippen LogP contribution in [0, 0.1) is 5.92 Å². The standard InChI is InChI=1S/C13H20Cl2N2O/c1-2-18-13-10(4-3-9(7-16)8-17)5-11(14)6-12(13)15/h5-6,9H,2-4,7-8,16-17H2,1H3. The predicted octanol–water partition coefficient (Wildman–Crippen LogP) is 2.86. The van der Waals surface area contributed by atoms with Gasteiger partial charge < -0.3 is 16.2 Å². The molecule has 0 atom stereocenters. The van der Waals surface area contributed by atoms with Gasteiger partial charge in [-0.2, -0.15) is 0 Å². The Morgan fingerprint density at radius 2 is 1.89 bits per heavy atom. The van der Waals surface area contributed by atoms with Crippen LogP contribution in [0.3, 0.4) is 0 Å². The molecule has 0 heterocycles. The number of aryl methyl sites for hydroxylation is 1. The molecule has 0 radical (unpaired) electrons. The Kier molecular flexibility index (Phi) is 6.79. The SMILES string of the molecule is CCOc1c(Cl)cc(Cl)cc1CCC(CN)CN. The monoisotopic (exact) mass is 290 g/mol. The first kappa shape index (κ1) is 15.6. The van der Waals surface area contributed by atoms with Crippen molar-refractivity contribution in [2.24, 2.45) is 17.4 Å². The largest absolute Gasteiger partial charge is 0.492 e. The lowest BCUT2D eigenvalue weighted by Gasteiger charge is -2.15. The minimum absolute atomic E-state index is 0.317. The fourth-order valence-electron chi connectivity index (χ4n) is 1.80. The van der Waals surface area contributed by atoms with Crippen molar-refractivity contribution in [3.63, 3.8) is 0 Å². The third-order valence-electron chi connectivity index (χ3n) is 2.86. The molecule has 0 fully saturated rings. The molecule has 0 aliphatic carbocycles. The van der Waals surface area contributed by atoms with E-state index in [-0.39, 0.29) is 0 Å². The molecule has 1 aromatic carbocycles. The average Bonchev–Trinajstić information content (AvgIpc) is 2.34. The number of nitrogens with two attached hydrogens (primary N) is 2. The molecule has 0 amide bonds. The van der Waals surface area contributed by atoms with Crippen molar-refractivity contribution in [3.05, 3.63) is 27.7 Å². The molecule has 0 spiro atoms. The number of hydrogen-bond donors (Lipinski definition) is 2. The molecule has 0 aliphatic heterocycles. The van der Waals surface area contributed by atoms with Crippen molar-refractivity contribution in [2.75, 3.05) is 19.7 Å². The summed E-state index contributed by atoms with van der Waals surface area (Å²) in [7, 11) is 0. The zero-order valence-electron chi connectivity index (χ0n) is 10.6. The molecule has 1 rings (SSSR count). The van der Waals surface area contributed by atoms with Crippen LogP contribution in [-0.2, 0) is 6.42 Å². The van der Waals surface area contributed by atoms with Gasteiger partial charge in [-0.15, -0.1) is 0 Å². The zero-order valence-corrected chi connectivity index (χ0v) is 12.1. The molecule has 0 saturated carbocycles. The van der Waals surface area contributed by atoms with Crippen molar-refractivity contribution < 1.29 is 4.74 Å². The van der Waals surface area contributed by atoms with Crippen molar-refractivity contribution in [1.29, 1.82) is 0 Å². The maximum atomic E-state index is 6.14. The first-order chi connectivity index (χ1) is 8.62. The Bertz CT molecular complexity index is 381. The summed E-state index contributed by atoms with van der Waals surface area (Å²) < 4.78 is 5.57. The Balaban J connectivity index is 2.85. The number of hydrogen-bond acceptors (Lipinski definition) is 3. The second-order valence-electron chi connectivity index (χ2n) is 4.18. The topological polar surface area (TPSA) is 61.3 Å². The van der Waals surface area contributed by atoms with E-state index < -0.39 is 0 Å². The fraction of sp³-hybridized carbons (Fsp3) is 0.538. The van der Waals surface area contributed by atoms with Crippen molar-refractivity contribution in [3.8, 4) is 5.75 Å². The quantitative estimate of drug-likeness (QED) is 0.812. The second kappa shape index (κ2) is 7.85. The molecule has 4 N–H and O–H groups in total. The Hall–Kier alpha value is -0.480. The summed E-state index contributed by atoms with van der Waals surface area (Å²) in [5.74, 6) is 1.04. The van der Waals surface area contributed by atoms with Crippen LogP contribution in [0.2, 0.25) is 10.0 Å². The van der Waals surface area contributed by atoms with Crippen LogP contribution in [0.1, 0.15) is 18.9 Å². The molecule has 1 aromatic rings. The molecule has 0 aromatic heterocycles. The number of benzene rings is 1. The summed E-state index contributed by atoms with van der Waals surface area (Å²) in [5.41, 5.74) is 12.3. The normalized spacial score (nSPS) is 11.0. The first-order valence-electron chi connectivity index (χ1n) is 6.13. The van der Waals surface area contributed by atoms with Crippen molar-refractivity contribution in [2.45, 2.75) is 19.8 Å². The summed E-state index contributed by atoms with van der Waals surface area (Å²) in [4.78, 5) is 0. The molecule has 18 heavy (non-hydrogen) atoms. The van der Waals surface area contributed by atoms with Crippen LogP contribution in [0.5, 0.6) is 5.75 Å². The molecule has 0 saturated heterocycles. The highest BCUT2D eigenvalue weighted by Gasteiger charge is 2.12. The van der Waals surface area contributed by atoms with Crippen molar-refractivity contribution >= 4 is 23.2 Å². The summed E-state index contributed by atoms with van der Waals surface area (Å²) in [5, 5.41) is 1.17. The van der Waals surface area contributed by atoms with E-state index in [2.05, 4.69) is 0 Å².